The second-order valence-corrected chi connectivity index (χ2v) is 31.7. The third-order valence-electron chi connectivity index (χ3n) is 21.2. The van der Waals surface area contributed by atoms with E-state index in [1.807, 2.05) is 20.8 Å². The largest absolute Gasteiger partial charge is 0.508 e. The minimum Gasteiger partial charge on any atom is -0.508 e. The van der Waals surface area contributed by atoms with Crippen molar-refractivity contribution < 1.29 is 142 Å². The first-order valence-electron chi connectivity index (χ1n) is 39.2. The Balaban J connectivity index is 1.18. The van der Waals surface area contributed by atoms with E-state index in [0.717, 1.165) is 61.4 Å². The molecule has 4 unspecified atom stereocenters. The first kappa shape index (κ1) is 93.8. The van der Waals surface area contributed by atoms with Gasteiger partial charge in [-0.2, -0.15) is 0 Å². The van der Waals surface area contributed by atoms with Crippen LogP contribution in [0.2, 0.25) is 10.0 Å². The van der Waals surface area contributed by atoms with E-state index in [9.17, 15) is 85.3 Å². The first-order chi connectivity index (χ1) is 57.4. The summed E-state index contributed by atoms with van der Waals surface area (Å²) in [4.78, 5) is 116. The van der Waals surface area contributed by atoms with Crippen LogP contribution in [0, 0.1) is 5.92 Å². The summed E-state index contributed by atoms with van der Waals surface area (Å²) >= 11 is 14.4. The van der Waals surface area contributed by atoms with E-state index < -0.39 is 267 Å². The number of ether oxygens (including phenoxy) is 9. The number of unbranched alkanes of at least 4 members (excludes halogenated alkanes) is 1. The highest BCUT2D eigenvalue weighted by atomic mass is 35.5. The van der Waals surface area contributed by atoms with Crippen LogP contribution in [0.1, 0.15) is 138 Å². The van der Waals surface area contributed by atoms with Gasteiger partial charge in [0.1, 0.15) is 114 Å². The number of aliphatic carboxylic acids is 1. The number of carbonyl (C=O) groups excluding carboxylic acids is 7. The lowest BCUT2D eigenvalue weighted by Crippen LogP contribution is -2.65. The predicted molar refractivity (Wildman–Crippen MR) is 425 cm³/mol. The number of hydrogen-bond donors (Lipinski definition) is 22. The second-order valence-electron chi connectivity index (χ2n) is 30.9. The van der Waals surface area contributed by atoms with Gasteiger partial charge in [-0.1, -0.05) is 68.6 Å². The Hall–Kier alpha value is -9.44. The molecule has 0 aromatic heterocycles. The molecule has 0 aliphatic carbocycles. The summed E-state index contributed by atoms with van der Waals surface area (Å²) in [7, 11) is 1.48. The zero-order valence-electron chi connectivity index (χ0n) is 66.9. The molecule has 23 atom stereocenters. The van der Waals surface area contributed by atoms with Gasteiger partial charge in [0.05, 0.1) is 47.4 Å². The molecule has 5 aromatic carbocycles. The maximum Gasteiger partial charge on any atom is 0.330 e. The number of fused-ring (bicyclic) bond motifs is 16. The molecule has 7 aliphatic rings. The number of phenols is 3. The van der Waals surface area contributed by atoms with Crippen LogP contribution in [0.4, 0.5) is 0 Å². The highest BCUT2D eigenvalue weighted by Gasteiger charge is 2.53. The van der Waals surface area contributed by atoms with Gasteiger partial charge in [-0.25, -0.2) is 4.79 Å². The van der Waals surface area contributed by atoms with E-state index in [1.165, 1.54) is 58.2 Å². The monoisotopic (exact) mass is 1740 g/mol. The van der Waals surface area contributed by atoms with Crippen molar-refractivity contribution in [3.05, 3.63) is 117 Å². The van der Waals surface area contributed by atoms with Crippen LogP contribution in [0.3, 0.4) is 0 Å². The number of aliphatic hydroxyl groups is 8. The molecular weight excluding hydrogens is 1640 g/mol. The Morgan fingerprint density at radius 3 is 1.96 bits per heavy atom. The highest BCUT2D eigenvalue weighted by Crippen LogP contribution is 2.50. The summed E-state index contributed by atoms with van der Waals surface area (Å²) < 4.78 is 56.5. The number of aliphatic hydroxyl groups excluding tert-OH is 8. The van der Waals surface area contributed by atoms with Crippen molar-refractivity contribution in [2.24, 2.45) is 17.4 Å². The topological polar surface area (TPSA) is 611 Å². The second kappa shape index (κ2) is 41.2. The lowest BCUT2D eigenvalue weighted by molar-refractivity contribution is -0.350. The quantitative estimate of drug-likeness (QED) is 0.0263. The van der Waals surface area contributed by atoms with Crippen LogP contribution in [0.15, 0.2) is 78.9 Å². The summed E-state index contributed by atoms with van der Waals surface area (Å²) in [5.41, 5.74) is 8.61. The van der Waals surface area contributed by atoms with E-state index in [0.29, 0.717) is 26.2 Å². The fourth-order valence-corrected chi connectivity index (χ4v) is 15.1. The fourth-order valence-electron chi connectivity index (χ4n) is 14.7. The van der Waals surface area contributed by atoms with Crippen LogP contribution in [0.25, 0.3) is 11.1 Å². The number of hydrogen-bond acceptors (Lipinski definition) is 31. The molecule has 9 bridgehead atoms. The standard InChI is InChI=1S/C80H104Cl2N10O29/c1-8-9-18-113-19-10-17-86-30-53-63(100)64(101)66(103)78(117-53)121-70-54(31-93)118-79(67(104)65(70)102)120-69-51-24-39-25-52(69)116-50-16-13-38(23-44(50)82)68(119-56-29-80(6,84)71(105)35(5)114-56)61(87-32-94)76(110)91-59(77(111)112)42-26-40(95)27-48(97)57(42)41-21-36(11-14-47(41)96)34(4)88-74(108)58(39)90-73(107)46(28-55(83)98)89-75(109)60(92-72(106)45(85-7)20-33(2)3)62(99)37-12-15-49(115-51)43(81)22-37/h11-16,21-27,32-35,45-46,53-54,56,58-68,70-71,78-79,85-86,93,95-97,99-105H,8-10,17-20,28-31,84H2,1-7H3,(H2,83,98)(H,87,94)(H,88,108)(H,89,109)(H,90,107)(H,91,110)(H,92,106)(H,111,112)/t34?,35-,45+,46?,53+,54+,56-,58+,59?,60?,61-,62+,63-,64-,65+,66+,67+,68+,70+,71-,78-,79-,80-/m0/s1. The van der Waals surface area contributed by atoms with Gasteiger partial charge in [-0.15, -0.1) is 0 Å². The Kier molecular flexibility index (Phi) is 31.9. The molecule has 7 amide bonds. The Bertz CT molecular complexity index is 4530. The Morgan fingerprint density at radius 1 is 0.702 bits per heavy atom. The van der Waals surface area contributed by atoms with E-state index in [1.54, 1.807) is 0 Å². The molecule has 7 heterocycles. The number of likely N-dealkylation sites (N-methyl/N-ethyl adjacent to an activating group) is 1. The summed E-state index contributed by atoms with van der Waals surface area (Å²) in [6, 6.07) is 1.09. The number of carbonyl (C=O) groups is 8. The maximum absolute atomic E-state index is 15.9. The summed E-state index contributed by atoms with van der Waals surface area (Å²) in [5.74, 6) is -14.5. The number of phenolic OH excluding ortho intramolecular Hbond substituents is 3. The SMILES string of the molecule is CCCCOCCCNC[C@H]1O[C@@H](O[C@H]2[C@H](O)[C@@H](O)[C@H](Oc3c4cc5cc3Oc3ccc(cc3Cl)[C@@H](O[C@H]3C[C@](C)(N)[C@@H](O)[C@H](C)O3)[C@H](NC=O)C(=O)NC(C(=O)O)c3cc(O)cc(O)c3-c3cc(ccc3O)C(C)NC(=O)[C@@H]5NC(=O)C(CC(N)=O)NC(=O)C(NC(=O)[C@@H](CC(C)C)NC)[C@H](O)c3ccc(c(Cl)c3)O4)O[C@@H]2CO)[C@H](O)[C@@H](O)[C@H]1O. The average molecular weight is 1740 g/mol. The van der Waals surface area contributed by atoms with Crippen molar-refractivity contribution in [2.75, 3.05) is 40.0 Å². The highest BCUT2D eigenvalue weighted by molar-refractivity contribution is 6.32. The van der Waals surface area contributed by atoms with Crippen LogP contribution >= 0.6 is 23.2 Å². The van der Waals surface area contributed by atoms with Gasteiger partial charge in [0.2, 0.25) is 53.9 Å². The number of benzene rings is 5. The van der Waals surface area contributed by atoms with Crippen LogP contribution in [0.5, 0.6) is 46.0 Å². The lowest BCUT2D eigenvalue weighted by atomic mass is 9.86. The molecule has 662 valence electrons. The third-order valence-corrected chi connectivity index (χ3v) is 21.8. The molecule has 39 nitrogen and oxygen atoms in total. The normalized spacial score (nSPS) is 30.0. The Labute approximate surface area is 703 Å². The molecule has 5 aromatic rings. The van der Waals surface area contributed by atoms with Gasteiger partial charge in [-0.3, -0.25) is 33.6 Å². The zero-order valence-corrected chi connectivity index (χ0v) is 68.4. The number of halogens is 2. The molecule has 0 spiro atoms. The van der Waals surface area contributed by atoms with Crippen molar-refractivity contribution in [1.82, 2.24) is 42.5 Å². The van der Waals surface area contributed by atoms with Crippen molar-refractivity contribution in [1.29, 1.82) is 0 Å². The van der Waals surface area contributed by atoms with Gasteiger partial charge in [0, 0.05) is 54.5 Å². The van der Waals surface area contributed by atoms with E-state index in [-0.39, 0.29) is 54.2 Å². The van der Waals surface area contributed by atoms with Crippen LogP contribution in [-0.2, 0) is 66.8 Å². The minimum absolute atomic E-state index is 0.00688. The Morgan fingerprint density at radius 2 is 1.34 bits per heavy atom. The number of nitrogens with one attached hydrogen (secondary N) is 8. The maximum atomic E-state index is 15.9. The third kappa shape index (κ3) is 22.3. The molecule has 41 heteroatoms. The van der Waals surface area contributed by atoms with Crippen molar-refractivity contribution >= 4 is 71.0 Å². The molecule has 24 N–H and O–H groups in total. The van der Waals surface area contributed by atoms with E-state index in [4.69, 9.17) is 77.3 Å². The van der Waals surface area contributed by atoms with Gasteiger partial charge >= 0.3 is 5.97 Å². The molecule has 7 aliphatic heterocycles. The van der Waals surface area contributed by atoms with Crippen molar-refractivity contribution in [2.45, 2.75) is 220 Å². The molecule has 0 radical (unpaired) electrons. The predicted octanol–water partition coefficient (Wildman–Crippen LogP) is 0.371. The molecule has 12 rings (SSSR count). The summed E-state index contributed by atoms with van der Waals surface area (Å²) in [6.07, 6.45) is -25.9. The number of amides is 7. The van der Waals surface area contributed by atoms with Gasteiger partial charge in [0.25, 0.3) is 0 Å². The van der Waals surface area contributed by atoms with E-state index >= 15 is 14.4 Å². The molecule has 3 saturated heterocycles. The molecule has 3 fully saturated rings. The van der Waals surface area contributed by atoms with Crippen LogP contribution < -0.4 is 68.2 Å². The molecular formula is C80H104Cl2N10O29. The average Bonchev–Trinajstić information content (AvgIpc) is 0.769. The smallest absolute Gasteiger partial charge is 0.330 e. The van der Waals surface area contributed by atoms with Gasteiger partial charge in [-0.05, 0) is 136 Å². The molecule has 0 saturated carbocycles. The van der Waals surface area contributed by atoms with E-state index in [2.05, 4.69) is 42.5 Å². The number of carboxylic acid groups (broad SMARTS) is 1. The zero-order chi connectivity index (χ0) is 88.3. The van der Waals surface area contributed by atoms with Gasteiger partial charge < -0.3 is 158 Å². The number of rotatable bonds is 26. The van der Waals surface area contributed by atoms with Crippen LogP contribution in [-0.4, -0.2) is 259 Å². The number of nitrogens with two attached hydrogens (primary N) is 2. The summed E-state index contributed by atoms with van der Waals surface area (Å²) in [5, 5.41) is 159. The lowest BCUT2D eigenvalue weighted by Gasteiger charge is -2.46. The number of aromatic hydroxyl groups is 3. The minimum atomic E-state index is -2.34. The number of carboxylic acids is 1. The fraction of sp³-hybridized carbons (Fsp3) is 0.525. The first-order valence-corrected chi connectivity index (χ1v) is 39.9. The summed E-state index contributed by atoms with van der Waals surface area (Å²) in [6.45, 7) is 10.1. The van der Waals surface area contributed by atoms with Crippen molar-refractivity contribution in [3.63, 3.8) is 0 Å². The molecule has 121 heavy (non-hydrogen) atoms. The van der Waals surface area contributed by atoms with Gasteiger partial charge in [0.15, 0.2) is 30.1 Å². The number of primary amides is 1. The van der Waals surface area contributed by atoms with Crippen molar-refractivity contribution in [3.8, 4) is 57.1 Å².